The third kappa shape index (κ3) is 5.36. The molecule has 1 aromatic heterocycles. The van der Waals surface area contributed by atoms with Crippen molar-refractivity contribution in [2.45, 2.75) is 39.0 Å². The van der Waals surface area contributed by atoms with Crippen molar-refractivity contribution >= 4 is 0 Å². The van der Waals surface area contributed by atoms with Crippen LogP contribution in [0.2, 0.25) is 0 Å². The van der Waals surface area contributed by atoms with Crippen LogP contribution in [0.3, 0.4) is 0 Å². The Hall–Kier alpha value is -2.48. The fourth-order valence-electron chi connectivity index (χ4n) is 3.68. The van der Waals surface area contributed by atoms with Crippen molar-refractivity contribution < 1.29 is 20.1 Å². The molecule has 4 aromatic rings. The Morgan fingerprint density at radius 1 is 0.833 bits per heavy atom. The van der Waals surface area contributed by atoms with E-state index in [0.29, 0.717) is 0 Å². The third-order valence-electron chi connectivity index (χ3n) is 5.34. The quantitative estimate of drug-likeness (QED) is 0.163. The Balaban J connectivity index is 0.00000256. The zero-order valence-electron chi connectivity index (χ0n) is 17.3. The van der Waals surface area contributed by atoms with E-state index in [1.54, 1.807) is 0 Å². The van der Waals surface area contributed by atoms with Crippen LogP contribution in [-0.2, 0) is 26.5 Å². The van der Waals surface area contributed by atoms with Crippen molar-refractivity contribution in [3.63, 3.8) is 0 Å². The number of nitrogens with zero attached hydrogens (tertiary/aromatic N) is 2. The van der Waals surface area contributed by atoms with Gasteiger partial charge in [0.2, 0.25) is 0 Å². The minimum Gasteiger partial charge on any atom is -0.340 e. The fraction of sp³-hybridized carbons (Fsp3) is 0.222. The van der Waals surface area contributed by atoms with Gasteiger partial charge in [0.15, 0.2) is 0 Å². The first-order valence-corrected chi connectivity index (χ1v) is 10.6. The molecule has 0 amide bonds. The van der Waals surface area contributed by atoms with Crippen molar-refractivity contribution in [3.05, 3.63) is 96.8 Å². The van der Waals surface area contributed by atoms with Crippen molar-refractivity contribution in [2.24, 2.45) is 0 Å². The first-order valence-electron chi connectivity index (χ1n) is 10.6. The molecule has 0 unspecified atom stereocenters. The zero-order valence-corrected chi connectivity index (χ0v) is 19.7. The van der Waals surface area contributed by atoms with Crippen LogP contribution in [0, 0.1) is 6.07 Å². The van der Waals surface area contributed by atoms with Crippen LogP contribution in [-0.4, -0.2) is 9.55 Å². The monoisotopic (exact) mass is 572 g/mol. The molecule has 0 saturated carbocycles. The number of hydrogen-bond acceptors (Lipinski definition) is 1. The molecule has 0 aliphatic carbocycles. The van der Waals surface area contributed by atoms with E-state index >= 15 is 0 Å². The number of aryl methyl sites for hydroxylation is 1. The van der Waals surface area contributed by atoms with Gasteiger partial charge in [0.05, 0.1) is 5.82 Å². The molecule has 3 aromatic carbocycles. The van der Waals surface area contributed by atoms with Crippen LogP contribution >= 0.6 is 0 Å². The largest absolute Gasteiger partial charge is 0.340 e. The number of rotatable bonds is 8. The summed E-state index contributed by atoms with van der Waals surface area (Å²) in [6, 6.07) is 28.9. The molecule has 1 heterocycles. The summed E-state index contributed by atoms with van der Waals surface area (Å²) in [7, 11) is 0. The summed E-state index contributed by atoms with van der Waals surface area (Å²) in [5, 5.41) is 0. The van der Waals surface area contributed by atoms with Gasteiger partial charge in [-0.05, 0) is 41.7 Å². The molecular weight excluding hydrogens is 545 g/mol. The van der Waals surface area contributed by atoms with Crippen molar-refractivity contribution in [3.8, 4) is 28.2 Å². The average molecular weight is 572 g/mol. The van der Waals surface area contributed by atoms with E-state index < -0.39 is 0 Å². The molecule has 4 rings (SSSR count). The second kappa shape index (κ2) is 11.1. The summed E-state index contributed by atoms with van der Waals surface area (Å²) in [4.78, 5) is 4.52. The molecule has 0 N–H and O–H groups in total. The molecule has 0 fully saturated rings. The van der Waals surface area contributed by atoms with Gasteiger partial charge in [-0.3, -0.25) is 4.98 Å². The zero-order chi connectivity index (χ0) is 19.9. The van der Waals surface area contributed by atoms with Gasteiger partial charge in [0.25, 0.3) is 0 Å². The Morgan fingerprint density at radius 3 is 2.23 bits per heavy atom. The predicted octanol–water partition coefficient (Wildman–Crippen LogP) is 7.13. The molecule has 0 aliphatic heterocycles. The molecule has 155 valence electrons. The molecule has 2 nitrogen and oxygen atoms in total. The number of benzene rings is 3. The standard InChI is InChI=1S/C27H27N2.Ir/c1-2-3-4-6-9-22-12-14-23(15-13-22)24-16-18-26(19-17-24)29-21-20-28-27(29)25-10-7-5-8-11-25;/h5,7-8,10,12-21H,2-4,6,9H2,1H3;/q-1;. The maximum atomic E-state index is 4.52. The Kier molecular flexibility index (Phi) is 8.19. The predicted molar refractivity (Wildman–Crippen MR) is 121 cm³/mol. The molecule has 1 radical (unpaired) electrons. The molecule has 0 bridgehead atoms. The molecule has 0 saturated heterocycles. The van der Waals surface area contributed by atoms with E-state index in [2.05, 4.69) is 71.1 Å². The molecule has 0 atom stereocenters. The molecule has 0 spiro atoms. The van der Waals surface area contributed by atoms with Gasteiger partial charge in [-0.15, -0.1) is 35.9 Å². The van der Waals surface area contributed by atoms with Crippen LogP contribution in [0.1, 0.15) is 38.2 Å². The van der Waals surface area contributed by atoms with E-state index in [1.807, 2.05) is 36.7 Å². The fourth-order valence-corrected chi connectivity index (χ4v) is 3.68. The van der Waals surface area contributed by atoms with Crippen molar-refractivity contribution in [1.82, 2.24) is 9.55 Å². The summed E-state index contributed by atoms with van der Waals surface area (Å²) < 4.78 is 2.11. The van der Waals surface area contributed by atoms with Crippen LogP contribution < -0.4 is 0 Å². The number of aromatic nitrogens is 2. The Morgan fingerprint density at radius 2 is 1.57 bits per heavy atom. The van der Waals surface area contributed by atoms with E-state index in [1.165, 1.54) is 48.8 Å². The first-order chi connectivity index (χ1) is 14.3. The summed E-state index contributed by atoms with van der Waals surface area (Å²) in [6.45, 7) is 2.26. The number of unbranched alkanes of at least 4 members (excludes halogenated alkanes) is 3. The summed E-state index contributed by atoms with van der Waals surface area (Å²) in [5.74, 6) is 0.908. The SMILES string of the molecule is CCCCCCc1ccc(-c2ccc(-n3ccnc3-c3[c-]cccc3)cc2)cc1.[Ir]. The summed E-state index contributed by atoms with van der Waals surface area (Å²) >= 11 is 0. The molecule has 0 aliphatic rings. The Bertz CT molecular complexity index is 1020. The van der Waals surface area contributed by atoms with E-state index in [0.717, 1.165) is 17.1 Å². The van der Waals surface area contributed by atoms with Crippen LogP contribution in [0.4, 0.5) is 0 Å². The molecule has 3 heteroatoms. The van der Waals surface area contributed by atoms with Gasteiger partial charge in [-0.1, -0.05) is 62.6 Å². The van der Waals surface area contributed by atoms with Crippen LogP contribution in [0.5, 0.6) is 0 Å². The number of hydrogen-bond donors (Lipinski definition) is 0. The van der Waals surface area contributed by atoms with Gasteiger partial charge in [0, 0.05) is 38.2 Å². The van der Waals surface area contributed by atoms with Crippen molar-refractivity contribution in [1.29, 1.82) is 0 Å². The number of imidazole rings is 1. The second-order valence-corrected chi connectivity index (χ2v) is 7.45. The smallest absolute Gasteiger partial charge is 0.0602 e. The minimum absolute atomic E-state index is 0. The van der Waals surface area contributed by atoms with E-state index in [-0.39, 0.29) is 20.1 Å². The van der Waals surface area contributed by atoms with E-state index in [9.17, 15) is 0 Å². The van der Waals surface area contributed by atoms with Gasteiger partial charge in [0.1, 0.15) is 0 Å². The second-order valence-electron chi connectivity index (χ2n) is 7.45. The van der Waals surface area contributed by atoms with Gasteiger partial charge < -0.3 is 4.57 Å². The first kappa shape index (κ1) is 22.2. The Labute approximate surface area is 193 Å². The molecule has 30 heavy (non-hydrogen) atoms. The normalized spacial score (nSPS) is 10.6. The maximum Gasteiger partial charge on any atom is 0.0602 e. The van der Waals surface area contributed by atoms with E-state index in [4.69, 9.17) is 0 Å². The van der Waals surface area contributed by atoms with Crippen molar-refractivity contribution in [2.75, 3.05) is 0 Å². The minimum atomic E-state index is 0. The van der Waals surface area contributed by atoms with Crippen LogP contribution in [0.15, 0.2) is 85.2 Å². The average Bonchev–Trinajstić information content (AvgIpc) is 3.28. The van der Waals surface area contributed by atoms with Gasteiger partial charge in [-0.25, -0.2) is 0 Å². The van der Waals surface area contributed by atoms with Crippen LogP contribution in [0.25, 0.3) is 28.2 Å². The topological polar surface area (TPSA) is 17.8 Å². The summed E-state index contributed by atoms with van der Waals surface area (Å²) in [6.07, 6.45) is 10.3. The molecular formula is C27H27IrN2-. The van der Waals surface area contributed by atoms with Gasteiger partial charge in [-0.2, -0.15) is 0 Å². The summed E-state index contributed by atoms with van der Waals surface area (Å²) in [5.41, 5.74) is 6.03. The third-order valence-corrected chi connectivity index (χ3v) is 5.34. The maximum absolute atomic E-state index is 4.52. The van der Waals surface area contributed by atoms with Gasteiger partial charge >= 0.3 is 0 Å².